The Balaban J connectivity index is 2.58. The molecular formula is C10H14O2. The normalized spacial score (nSPS) is 25.8. The van der Waals surface area contributed by atoms with Crippen molar-refractivity contribution in [1.82, 2.24) is 0 Å². The molecule has 1 rings (SSSR count). The van der Waals surface area contributed by atoms with Crippen LogP contribution in [0.15, 0.2) is 36.5 Å². The highest BCUT2D eigenvalue weighted by Crippen LogP contribution is 2.20. The Morgan fingerprint density at radius 2 is 2.42 bits per heavy atom. The van der Waals surface area contributed by atoms with Crippen molar-refractivity contribution >= 4 is 0 Å². The van der Waals surface area contributed by atoms with Gasteiger partial charge >= 0.3 is 0 Å². The van der Waals surface area contributed by atoms with E-state index in [0.717, 1.165) is 5.57 Å². The maximum absolute atomic E-state index is 9.58. The lowest BCUT2D eigenvalue weighted by molar-refractivity contribution is 0.170. The van der Waals surface area contributed by atoms with Crippen LogP contribution in [0.5, 0.6) is 0 Å². The van der Waals surface area contributed by atoms with E-state index in [1.807, 2.05) is 25.2 Å². The molecule has 0 saturated carbocycles. The van der Waals surface area contributed by atoms with Crippen molar-refractivity contribution in [3.05, 3.63) is 36.5 Å². The summed E-state index contributed by atoms with van der Waals surface area (Å²) in [7, 11) is 0. The van der Waals surface area contributed by atoms with Gasteiger partial charge in [0, 0.05) is 0 Å². The van der Waals surface area contributed by atoms with Crippen LogP contribution in [0.2, 0.25) is 0 Å². The molecule has 0 radical (unpaired) electrons. The minimum absolute atomic E-state index is 0.0143. The highest BCUT2D eigenvalue weighted by atomic mass is 16.6. The van der Waals surface area contributed by atoms with Crippen molar-refractivity contribution in [3.63, 3.8) is 0 Å². The van der Waals surface area contributed by atoms with Gasteiger partial charge in [-0.25, -0.2) is 0 Å². The van der Waals surface area contributed by atoms with Crippen LogP contribution in [0.25, 0.3) is 0 Å². The standard InChI is InChI=1S/C10H14O2/c1-3-5-6-8(4-2)10(11)9-7-12-9/h3-6,9-11H,2,7H2,1H3/b5-3-,8-6+. The molecule has 1 fully saturated rings. The maximum Gasteiger partial charge on any atom is 0.111 e. The van der Waals surface area contributed by atoms with E-state index in [0.29, 0.717) is 6.61 Å². The topological polar surface area (TPSA) is 32.8 Å². The first-order chi connectivity index (χ1) is 5.79. The summed E-state index contributed by atoms with van der Waals surface area (Å²) in [6, 6.07) is 0. The van der Waals surface area contributed by atoms with Crippen molar-refractivity contribution in [2.24, 2.45) is 0 Å². The van der Waals surface area contributed by atoms with Gasteiger partial charge in [-0.15, -0.1) is 0 Å². The molecule has 0 aromatic carbocycles. The van der Waals surface area contributed by atoms with E-state index in [2.05, 4.69) is 6.58 Å². The average molecular weight is 166 g/mol. The fraction of sp³-hybridized carbons (Fsp3) is 0.400. The van der Waals surface area contributed by atoms with Crippen LogP contribution < -0.4 is 0 Å². The largest absolute Gasteiger partial charge is 0.386 e. The van der Waals surface area contributed by atoms with E-state index in [4.69, 9.17) is 4.74 Å². The zero-order valence-corrected chi connectivity index (χ0v) is 7.23. The number of aliphatic hydroxyl groups is 1. The first-order valence-corrected chi connectivity index (χ1v) is 4.04. The number of ether oxygens (including phenoxy) is 1. The van der Waals surface area contributed by atoms with Crippen molar-refractivity contribution in [2.75, 3.05) is 6.61 Å². The highest BCUT2D eigenvalue weighted by molar-refractivity contribution is 5.27. The van der Waals surface area contributed by atoms with E-state index in [-0.39, 0.29) is 6.10 Å². The van der Waals surface area contributed by atoms with E-state index in [1.54, 1.807) is 6.08 Å². The fourth-order valence-electron chi connectivity index (χ4n) is 0.947. The molecule has 0 aliphatic carbocycles. The van der Waals surface area contributed by atoms with Crippen molar-refractivity contribution in [1.29, 1.82) is 0 Å². The molecule has 0 aromatic heterocycles. The molecule has 0 bridgehead atoms. The Kier molecular flexibility index (Phi) is 3.26. The Bertz CT molecular complexity index is 212. The van der Waals surface area contributed by atoms with Crippen LogP contribution in [0.4, 0.5) is 0 Å². The van der Waals surface area contributed by atoms with E-state index in [9.17, 15) is 5.11 Å². The van der Waals surface area contributed by atoms with Gasteiger partial charge in [-0.05, 0) is 12.5 Å². The molecule has 0 spiro atoms. The quantitative estimate of drug-likeness (QED) is 0.506. The van der Waals surface area contributed by atoms with Gasteiger partial charge in [-0.3, -0.25) is 0 Å². The summed E-state index contributed by atoms with van der Waals surface area (Å²) in [5.41, 5.74) is 0.815. The van der Waals surface area contributed by atoms with Crippen LogP contribution in [0.3, 0.4) is 0 Å². The smallest absolute Gasteiger partial charge is 0.111 e. The molecular weight excluding hydrogens is 152 g/mol. The number of hydrogen-bond donors (Lipinski definition) is 1. The predicted molar refractivity (Wildman–Crippen MR) is 48.8 cm³/mol. The average Bonchev–Trinajstić information content (AvgIpc) is 2.88. The molecule has 2 heteroatoms. The Labute approximate surface area is 72.9 Å². The molecule has 2 unspecified atom stereocenters. The molecule has 1 N–H and O–H groups in total. The summed E-state index contributed by atoms with van der Waals surface area (Å²) in [6.07, 6.45) is 6.76. The third-order valence-electron chi connectivity index (χ3n) is 1.77. The summed E-state index contributed by atoms with van der Waals surface area (Å²) in [4.78, 5) is 0. The third kappa shape index (κ3) is 2.32. The number of hydrogen-bond acceptors (Lipinski definition) is 2. The summed E-state index contributed by atoms with van der Waals surface area (Å²) < 4.78 is 4.97. The first-order valence-electron chi connectivity index (χ1n) is 4.04. The molecule has 12 heavy (non-hydrogen) atoms. The van der Waals surface area contributed by atoms with Gasteiger partial charge in [-0.1, -0.05) is 30.9 Å². The minimum atomic E-state index is -0.515. The van der Waals surface area contributed by atoms with Crippen molar-refractivity contribution in [2.45, 2.75) is 19.1 Å². The van der Waals surface area contributed by atoms with E-state index >= 15 is 0 Å². The van der Waals surface area contributed by atoms with Crippen LogP contribution in [-0.4, -0.2) is 23.9 Å². The van der Waals surface area contributed by atoms with Gasteiger partial charge in [0.1, 0.15) is 12.2 Å². The molecule has 0 aromatic rings. The second-order valence-electron chi connectivity index (χ2n) is 2.71. The maximum atomic E-state index is 9.58. The third-order valence-corrected chi connectivity index (χ3v) is 1.77. The molecule has 2 nitrogen and oxygen atoms in total. The Hall–Kier alpha value is -0.860. The molecule has 2 atom stereocenters. The van der Waals surface area contributed by atoms with E-state index in [1.165, 1.54) is 0 Å². The summed E-state index contributed by atoms with van der Waals surface area (Å²) in [6.45, 7) is 6.21. The zero-order valence-electron chi connectivity index (χ0n) is 7.23. The number of epoxide rings is 1. The lowest BCUT2D eigenvalue weighted by atomic mass is 10.1. The molecule has 0 amide bonds. The zero-order chi connectivity index (χ0) is 8.97. The van der Waals surface area contributed by atoms with Gasteiger partial charge < -0.3 is 9.84 Å². The molecule has 1 saturated heterocycles. The fourth-order valence-corrected chi connectivity index (χ4v) is 0.947. The minimum Gasteiger partial charge on any atom is -0.386 e. The second-order valence-corrected chi connectivity index (χ2v) is 2.71. The lowest BCUT2D eigenvalue weighted by Crippen LogP contribution is -2.16. The van der Waals surface area contributed by atoms with Crippen molar-refractivity contribution in [3.8, 4) is 0 Å². The van der Waals surface area contributed by atoms with Crippen LogP contribution in [0, 0.1) is 0 Å². The number of aliphatic hydroxyl groups excluding tert-OH is 1. The summed E-state index contributed by atoms with van der Waals surface area (Å²) >= 11 is 0. The van der Waals surface area contributed by atoms with Gasteiger partial charge in [0.05, 0.1) is 6.61 Å². The predicted octanol–water partition coefficient (Wildman–Crippen LogP) is 1.43. The van der Waals surface area contributed by atoms with Gasteiger partial charge in [-0.2, -0.15) is 0 Å². The Morgan fingerprint density at radius 3 is 2.83 bits per heavy atom. The van der Waals surface area contributed by atoms with Crippen LogP contribution in [0.1, 0.15) is 6.92 Å². The molecule has 1 aliphatic heterocycles. The van der Waals surface area contributed by atoms with Gasteiger partial charge in [0.15, 0.2) is 0 Å². The monoisotopic (exact) mass is 166 g/mol. The van der Waals surface area contributed by atoms with Gasteiger partial charge in [0.25, 0.3) is 0 Å². The van der Waals surface area contributed by atoms with Gasteiger partial charge in [0.2, 0.25) is 0 Å². The lowest BCUT2D eigenvalue weighted by Gasteiger charge is -2.06. The van der Waals surface area contributed by atoms with Crippen LogP contribution in [-0.2, 0) is 4.74 Å². The van der Waals surface area contributed by atoms with Crippen molar-refractivity contribution < 1.29 is 9.84 Å². The molecule has 1 heterocycles. The van der Waals surface area contributed by atoms with E-state index < -0.39 is 6.10 Å². The summed E-state index contributed by atoms with van der Waals surface area (Å²) in [5, 5.41) is 9.58. The Morgan fingerprint density at radius 1 is 1.75 bits per heavy atom. The number of rotatable bonds is 4. The SMILES string of the molecule is C=C/C(=C\C=C/C)C(O)C1CO1. The second kappa shape index (κ2) is 4.24. The first kappa shape index (κ1) is 9.23. The molecule has 1 aliphatic rings. The molecule has 66 valence electrons. The summed E-state index contributed by atoms with van der Waals surface area (Å²) in [5.74, 6) is 0. The van der Waals surface area contributed by atoms with Crippen LogP contribution >= 0.6 is 0 Å². The number of allylic oxidation sites excluding steroid dienone is 3. The highest BCUT2D eigenvalue weighted by Gasteiger charge is 2.32.